The Morgan fingerprint density at radius 3 is 2.77 bits per heavy atom. The number of anilines is 1. The van der Waals surface area contributed by atoms with Crippen LogP contribution in [0.5, 0.6) is 0 Å². The second kappa shape index (κ2) is 5.48. The van der Waals surface area contributed by atoms with Gasteiger partial charge >= 0.3 is 6.18 Å². The van der Waals surface area contributed by atoms with Crippen LogP contribution in [0, 0.1) is 17.2 Å². The van der Waals surface area contributed by atoms with Gasteiger partial charge in [0.15, 0.2) is 0 Å². The lowest BCUT2D eigenvalue weighted by molar-refractivity contribution is -0.176. The van der Waals surface area contributed by atoms with Crippen LogP contribution in [-0.4, -0.2) is 24.2 Å². The Kier molecular flexibility index (Phi) is 3.65. The molecule has 2 aromatic rings. The third-order valence-electron chi connectivity index (χ3n) is 4.01. The Morgan fingerprint density at radius 2 is 2.05 bits per heavy atom. The van der Waals surface area contributed by atoms with Gasteiger partial charge in [0, 0.05) is 18.5 Å². The number of pyridine rings is 1. The average molecular weight is 305 g/mol. The second-order valence-corrected chi connectivity index (χ2v) is 5.49. The largest absolute Gasteiger partial charge is 0.393 e. The van der Waals surface area contributed by atoms with Crippen molar-refractivity contribution in [1.82, 2.24) is 4.98 Å². The molecule has 2 heterocycles. The fourth-order valence-corrected chi connectivity index (χ4v) is 2.87. The smallest absolute Gasteiger partial charge is 0.355 e. The Bertz CT molecular complexity index is 733. The molecule has 0 aliphatic carbocycles. The monoisotopic (exact) mass is 305 g/mol. The van der Waals surface area contributed by atoms with Crippen LogP contribution in [0.25, 0.3) is 10.9 Å². The van der Waals surface area contributed by atoms with Crippen molar-refractivity contribution in [2.45, 2.75) is 19.0 Å². The number of halogens is 3. The van der Waals surface area contributed by atoms with Gasteiger partial charge in [-0.2, -0.15) is 18.4 Å². The summed E-state index contributed by atoms with van der Waals surface area (Å²) < 4.78 is 38.9. The Labute approximate surface area is 126 Å². The molecular weight excluding hydrogens is 291 g/mol. The molecular formula is C16H14F3N3. The lowest BCUT2D eigenvalue weighted by atomic mass is 9.97. The first-order chi connectivity index (χ1) is 10.5. The van der Waals surface area contributed by atoms with E-state index in [1.807, 2.05) is 18.2 Å². The van der Waals surface area contributed by atoms with E-state index < -0.39 is 12.1 Å². The minimum absolute atomic E-state index is 0.134. The number of nitrogens with zero attached hydrogens (tertiary/aromatic N) is 3. The van der Waals surface area contributed by atoms with E-state index in [9.17, 15) is 18.4 Å². The van der Waals surface area contributed by atoms with Crippen molar-refractivity contribution in [1.29, 1.82) is 5.26 Å². The fraction of sp³-hybridized carbons (Fsp3) is 0.375. The Hall–Kier alpha value is -2.29. The molecule has 1 fully saturated rings. The fourth-order valence-electron chi connectivity index (χ4n) is 2.87. The maximum Gasteiger partial charge on any atom is 0.393 e. The summed E-state index contributed by atoms with van der Waals surface area (Å²) in [4.78, 5) is 6.01. The van der Waals surface area contributed by atoms with Gasteiger partial charge in [-0.25, -0.2) is 4.98 Å². The molecule has 1 saturated heterocycles. The Morgan fingerprint density at radius 1 is 1.27 bits per heavy atom. The van der Waals surface area contributed by atoms with Crippen molar-refractivity contribution in [2.24, 2.45) is 5.92 Å². The highest BCUT2D eigenvalue weighted by Crippen LogP contribution is 2.35. The van der Waals surface area contributed by atoms with Gasteiger partial charge in [-0.3, -0.25) is 0 Å². The highest BCUT2D eigenvalue weighted by Gasteiger charge is 2.42. The number of benzene rings is 1. The lowest BCUT2D eigenvalue weighted by Gasteiger charge is -2.34. The highest BCUT2D eigenvalue weighted by atomic mass is 19.4. The summed E-state index contributed by atoms with van der Waals surface area (Å²) in [7, 11) is 0. The molecule has 0 spiro atoms. The van der Waals surface area contributed by atoms with Crippen LogP contribution in [0.1, 0.15) is 18.4 Å². The topological polar surface area (TPSA) is 39.9 Å². The molecule has 1 aromatic carbocycles. The summed E-state index contributed by atoms with van der Waals surface area (Å²) in [6, 6.07) is 11.0. The van der Waals surface area contributed by atoms with Crippen molar-refractivity contribution >= 4 is 16.7 Å². The van der Waals surface area contributed by atoms with Gasteiger partial charge in [-0.1, -0.05) is 18.2 Å². The molecule has 6 heteroatoms. The molecule has 1 aliphatic rings. The number of nitriles is 1. The quantitative estimate of drug-likeness (QED) is 0.802. The number of hydrogen-bond donors (Lipinski definition) is 0. The summed E-state index contributed by atoms with van der Waals surface area (Å²) >= 11 is 0. The molecule has 0 bridgehead atoms. The molecule has 22 heavy (non-hydrogen) atoms. The zero-order valence-electron chi connectivity index (χ0n) is 11.8. The van der Waals surface area contributed by atoms with E-state index in [-0.39, 0.29) is 13.0 Å². The van der Waals surface area contributed by atoms with Crippen LogP contribution < -0.4 is 4.90 Å². The van der Waals surface area contributed by atoms with E-state index in [1.54, 1.807) is 17.0 Å². The van der Waals surface area contributed by atoms with Gasteiger partial charge in [0.1, 0.15) is 11.9 Å². The zero-order chi connectivity index (χ0) is 15.7. The molecule has 1 atom stereocenters. The van der Waals surface area contributed by atoms with E-state index >= 15 is 0 Å². The third kappa shape index (κ3) is 2.71. The maximum atomic E-state index is 13.0. The normalized spacial score (nSPS) is 19.2. The van der Waals surface area contributed by atoms with Crippen molar-refractivity contribution in [2.75, 3.05) is 18.0 Å². The molecule has 114 valence electrons. The first-order valence-electron chi connectivity index (χ1n) is 7.10. The van der Waals surface area contributed by atoms with E-state index in [0.717, 1.165) is 5.39 Å². The third-order valence-corrected chi connectivity index (χ3v) is 4.01. The molecule has 0 amide bonds. The first kappa shape index (κ1) is 14.6. The zero-order valence-corrected chi connectivity index (χ0v) is 11.8. The second-order valence-electron chi connectivity index (χ2n) is 5.49. The molecule has 1 aromatic heterocycles. The summed E-state index contributed by atoms with van der Waals surface area (Å²) in [5.74, 6) is -1.00. The van der Waals surface area contributed by atoms with Crippen LogP contribution in [0.2, 0.25) is 0 Å². The number of aromatic nitrogens is 1. The SMILES string of the molecule is N#Cc1cc2ccccc2nc1N1CCCC(C(F)(F)F)C1. The van der Waals surface area contributed by atoms with Crippen LogP contribution in [-0.2, 0) is 0 Å². The van der Waals surface area contributed by atoms with E-state index in [2.05, 4.69) is 11.1 Å². The average Bonchev–Trinajstić information content (AvgIpc) is 2.53. The van der Waals surface area contributed by atoms with Crippen molar-refractivity contribution in [3.05, 3.63) is 35.9 Å². The number of hydrogen-bond acceptors (Lipinski definition) is 3. The van der Waals surface area contributed by atoms with Gasteiger partial charge in [0.25, 0.3) is 0 Å². The number of alkyl halides is 3. The van der Waals surface area contributed by atoms with Gasteiger partial charge < -0.3 is 4.90 Å². The van der Waals surface area contributed by atoms with Crippen LogP contribution in [0.4, 0.5) is 19.0 Å². The number of para-hydroxylation sites is 1. The number of fused-ring (bicyclic) bond motifs is 1. The van der Waals surface area contributed by atoms with E-state index in [1.165, 1.54) is 0 Å². The van der Waals surface area contributed by atoms with Crippen molar-refractivity contribution in [3.63, 3.8) is 0 Å². The van der Waals surface area contributed by atoms with Crippen molar-refractivity contribution in [3.8, 4) is 6.07 Å². The molecule has 3 nitrogen and oxygen atoms in total. The predicted octanol–water partition coefficient (Wildman–Crippen LogP) is 3.89. The molecule has 0 saturated carbocycles. The van der Waals surface area contributed by atoms with Crippen LogP contribution in [0.3, 0.4) is 0 Å². The molecule has 0 N–H and O–H groups in total. The maximum absolute atomic E-state index is 13.0. The summed E-state index contributed by atoms with van der Waals surface area (Å²) in [5, 5.41) is 10.1. The van der Waals surface area contributed by atoms with Crippen LogP contribution in [0.15, 0.2) is 30.3 Å². The summed E-state index contributed by atoms with van der Waals surface area (Å²) in [6.07, 6.45) is -3.62. The van der Waals surface area contributed by atoms with Crippen molar-refractivity contribution < 1.29 is 13.2 Å². The number of piperidine rings is 1. The predicted molar refractivity (Wildman–Crippen MR) is 77.5 cm³/mol. The summed E-state index contributed by atoms with van der Waals surface area (Å²) in [5.41, 5.74) is 1.01. The lowest BCUT2D eigenvalue weighted by Crippen LogP contribution is -2.42. The first-order valence-corrected chi connectivity index (χ1v) is 7.10. The molecule has 1 aliphatic heterocycles. The van der Waals surface area contributed by atoms with Gasteiger partial charge in [0.05, 0.1) is 17.0 Å². The van der Waals surface area contributed by atoms with Gasteiger partial charge in [0.2, 0.25) is 0 Å². The number of rotatable bonds is 1. The highest BCUT2D eigenvalue weighted by molar-refractivity contribution is 5.83. The standard InChI is InChI=1S/C16H14F3N3/c17-16(18,19)13-5-3-7-22(10-13)15-12(9-20)8-11-4-1-2-6-14(11)21-15/h1-2,4,6,8,13H,3,5,7,10H2. The Balaban J connectivity index is 2.00. The molecule has 0 radical (unpaired) electrons. The minimum Gasteiger partial charge on any atom is -0.355 e. The van der Waals surface area contributed by atoms with Gasteiger partial charge in [-0.15, -0.1) is 0 Å². The summed E-state index contributed by atoms with van der Waals surface area (Å²) in [6.45, 7) is 0.357. The van der Waals surface area contributed by atoms with E-state index in [4.69, 9.17) is 0 Å². The molecule has 3 rings (SSSR count). The minimum atomic E-state index is -4.21. The molecule has 1 unspecified atom stereocenters. The van der Waals surface area contributed by atoms with E-state index in [0.29, 0.717) is 29.9 Å². The van der Waals surface area contributed by atoms with Crippen LogP contribution >= 0.6 is 0 Å². The van der Waals surface area contributed by atoms with Gasteiger partial charge in [-0.05, 0) is 25.0 Å².